The zero-order valence-corrected chi connectivity index (χ0v) is 20.9. The van der Waals surface area contributed by atoms with Gasteiger partial charge in [0.05, 0.1) is 28.6 Å². The Morgan fingerprint density at radius 2 is 1.97 bits per heavy atom. The van der Waals surface area contributed by atoms with Gasteiger partial charge in [-0.3, -0.25) is 4.79 Å². The van der Waals surface area contributed by atoms with Crippen molar-refractivity contribution in [1.82, 2.24) is 19.2 Å². The standard InChI is InChI=1S/C26H32N4O4S/c1-2-14-30-23-10-9-19(35(32,33)29-15-5-6-16-29)18-22(23)27-25(30)11-12-26(31)28-21-13-17-34-24-8-4-3-7-20(21)24/h3-4,7-10,18,21H,2,5-6,11-17H2,1H3,(H,28,31). The highest BCUT2D eigenvalue weighted by Crippen LogP contribution is 2.31. The number of nitrogens with zero attached hydrogens (tertiary/aromatic N) is 3. The lowest BCUT2D eigenvalue weighted by Crippen LogP contribution is -2.32. The summed E-state index contributed by atoms with van der Waals surface area (Å²) in [5, 5.41) is 3.15. The van der Waals surface area contributed by atoms with Gasteiger partial charge in [-0.2, -0.15) is 4.31 Å². The van der Waals surface area contributed by atoms with Crippen LogP contribution in [0, 0.1) is 0 Å². The Balaban J connectivity index is 1.33. The van der Waals surface area contributed by atoms with E-state index in [4.69, 9.17) is 9.72 Å². The van der Waals surface area contributed by atoms with Crippen LogP contribution in [-0.4, -0.2) is 47.9 Å². The summed E-state index contributed by atoms with van der Waals surface area (Å²) in [5.74, 6) is 1.60. The minimum atomic E-state index is -3.50. The van der Waals surface area contributed by atoms with Crippen LogP contribution >= 0.6 is 0 Å². The van der Waals surface area contributed by atoms with Crippen LogP contribution in [0.5, 0.6) is 5.75 Å². The Bertz CT molecular complexity index is 1330. The fourth-order valence-corrected chi connectivity index (χ4v) is 6.58. The van der Waals surface area contributed by atoms with Crippen LogP contribution < -0.4 is 10.1 Å². The Morgan fingerprint density at radius 1 is 1.17 bits per heavy atom. The molecule has 1 atom stereocenters. The van der Waals surface area contributed by atoms with Gasteiger partial charge in [-0.25, -0.2) is 13.4 Å². The largest absolute Gasteiger partial charge is 0.493 e. The Labute approximate surface area is 206 Å². The van der Waals surface area contributed by atoms with Gasteiger partial charge in [-0.05, 0) is 43.5 Å². The predicted octanol–water partition coefficient (Wildman–Crippen LogP) is 3.80. The molecule has 5 rings (SSSR count). The molecule has 1 N–H and O–H groups in total. The van der Waals surface area contributed by atoms with E-state index < -0.39 is 10.0 Å². The summed E-state index contributed by atoms with van der Waals surface area (Å²) in [6, 6.07) is 13.0. The normalized spacial score (nSPS) is 18.4. The molecule has 8 nitrogen and oxygen atoms in total. The van der Waals surface area contributed by atoms with E-state index >= 15 is 0 Å². The van der Waals surface area contributed by atoms with Gasteiger partial charge >= 0.3 is 0 Å². The van der Waals surface area contributed by atoms with Crippen LogP contribution in [-0.2, 0) is 27.8 Å². The highest BCUT2D eigenvalue weighted by Gasteiger charge is 2.28. The Hall–Kier alpha value is -2.91. The average Bonchev–Trinajstić information content (AvgIpc) is 3.52. The van der Waals surface area contributed by atoms with Crippen molar-refractivity contribution in [3.63, 3.8) is 0 Å². The van der Waals surface area contributed by atoms with E-state index in [1.807, 2.05) is 30.3 Å². The third kappa shape index (κ3) is 4.79. The van der Waals surface area contributed by atoms with Crippen LogP contribution in [0.1, 0.15) is 56.5 Å². The van der Waals surface area contributed by atoms with E-state index in [1.165, 1.54) is 0 Å². The third-order valence-electron chi connectivity index (χ3n) is 6.82. The first-order chi connectivity index (χ1) is 17.0. The number of aryl methyl sites for hydroxylation is 2. The number of fused-ring (bicyclic) bond motifs is 2. The molecule has 0 bridgehead atoms. The molecular formula is C26H32N4O4S. The van der Waals surface area contributed by atoms with Crippen molar-refractivity contribution in [3.05, 3.63) is 53.9 Å². The molecule has 0 radical (unpaired) electrons. The molecule has 2 aromatic carbocycles. The summed E-state index contributed by atoms with van der Waals surface area (Å²) in [7, 11) is -3.50. The Kier molecular flexibility index (Phi) is 6.80. The number of carbonyl (C=O) groups is 1. The van der Waals surface area contributed by atoms with Crippen LogP contribution in [0.3, 0.4) is 0 Å². The third-order valence-corrected chi connectivity index (χ3v) is 8.71. The van der Waals surface area contributed by atoms with Gasteiger partial charge in [0, 0.05) is 44.5 Å². The number of hydrogen-bond acceptors (Lipinski definition) is 5. The zero-order chi connectivity index (χ0) is 24.4. The van der Waals surface area contributed by atoms with Crippen LogP contribution in [0.15, 0.2) is 47.4 Å². The summed E-state index contributed by atoms with van der Waals surface area (Å²) in [4.78, 5) is 17.9. The second-order valence-corrected chi connectivity index (χ2v) is 11.2. The second kappa shape index (κ2) is 9.99. The number of rotatable bonds is 8. The summed E-state index contributed by atoms with van der Waals surface area (Å²) < 4.78 is 35.4. The molecule has 2 aliphatic rings. The number of hydrogen-bond donors (Lipinski definition) is 1. The topological polar surface area (TPSA) is 93.5 Å². The summed E-state index contributed by atoms with van der Waals surface area (Å²) >= 11 is 0. The fraction of sp³-hybridized carbons (Fsp3) is 0.462. The van der Waals surface area contributed by atoms with Crippen molar-refractivity contribution < 1.29 is 17.9 Å². The van der Waals surface area contributed by atoms with Gasteiger partial charge in [0.2, 0.25) is 15.9 Å². The van der Waals surface area contributed by atoms with Crippen molar-refractivity contribution in [1.29, 1.82) is 0 Å². The molecule has 1 saturated heterocycles. The molecule has 0 saturated carbocycles. The first-order valence-corrected chi connectivity index (χ1v) is 13.9. The highest BCUT2D eigenvalue weighted by molar-refractivity contribution is 7.89. The van der Waals surface area contributed by atoms with Crippen LogP contribution in [0.4, 0.5) is 0 Å². The van der Waals surface area contributed by atoms with Gasteiger partial charge in [-0.1, -0.05) is 25.1 Å². The summed E-state index contributed by atoms with van der Waals surface area (Å²) in [5.41, 5.74) is 2.57. The van der Waals surface area contributed by atoms with E-state index in [-0.39, 0.29) is 16.8 Å². The lowest BCUT2D eigenvalue weighted by molar-refractivity contribution is -0.122. The number of imidazole rings is 1. The van der Waals surface area contributed by atoms with Crippen molar-refractivity contribution in [2.45, 2.75) is 62.9 Å². The molecule has 0 spiro atoms. The quantitative estimate of drug-likeness (QED) is 0.512. The van der Waals surface area contributed by atoms with Gasteiger partial charge in [0.25, 0.3) is 0 Å². The van der Waals surface area contributed by atoms with Gasteiger partial charge in [-0.15, -0.1) is 0 Å². The lowest BCUT2D eigenvalue weighted by atomic mass is 10.0. The summed E-state index contributed by atoms with van der Waals surface area (Å²) in [6.07, 6.45) is 4.25. The fourth-order valence-electron chi connectivity index (χ4n) is 5.05. The first kappa shape index (κ1) is 23.8. The lowest BCUT2D eigenvalue weighted by Gasteiger charge is -2.26. The van der Waals surface area contributed by atoms with Gasteiger partial charge < -0.3 is 14.6 Å². The van der Waals surface area contributed by atoms with Crippen molar-refractivity contribution in [2.75, 3.05) is 19.7 Å². The number of ether oxygens (including phenoxy) is 1. The maximum absolute atomic E-state index is 13.0. The molecular weight excluding hydrogens is 464 g/mol. The van der Waals surface area contributed by atoms with Crippen LogP contribution in [0.25, 0.3) is 11.0 Å². The van der Waals surface area contributed by atoms with Gasteiger partial charge in [0.1, 0.15) is 11.6 Å². The number of aromatic nitrogens is 2. The zero-order valence-electron chi connectivity index (χ0n) is 20.1. The minimum absolute atomic E-state index is 0.0286. The van der Waals surface area contributed by atoms with E-state index in [9.17, 15) is 13.2 Å². The molecule has 1 aromatic heterocycles. The highest BCUT2D eigenvalue weighted by atomic mass is 32.2. The van der Waals surface area contributed by atoms with Gasteiger partial charge in [0.15, 0.2) is 0 Å². The molecule has 1 amide bonds. The number of amides is 1. The molecule has 9 heteroatoms. The van der Waals surface area contributed by atoms with Crippen molar-refractivity contribution in [3.8, 4) is 5.75 Å². The van der Waals surface area contributed by atoms with Crippen molar-refractivity contribution in [2.24, 2.45) is 0 Å². The predicted molar refractivity (Wildman–Crippen MR) is 134 cm³/mol. The maximum Gasteiger partial charge on any atom is 0.243 e. The first-order valence-electron chi connectivity index (χ1n) is 12.5. The average molecular weight is 497 g/mol. The maximum atomic E-state index is 13.0. The molecule has 186 valence electrons. The number of sulfonamides is 1. The molecule has 3 heterocycles. The minimum Gasteiger partial charge on any atom is -0.493 e. The van der Waals surface area contributed by atoms with E-state index in [1.54, 1.807) is 16.4 Å². The van der Waals surface area contributed by atoms with E-state index in [0.29, 0.717) is 38.1 Å². The Morgan fingerprint density at radius 3 is 2.77 bits per heavy atom. The monoisotopic (exact) mass is 496 g/mol. The number of benzene rings is 2. The molecule has 3 aromatic rings. The molecule has 35 heavy (non-hydrogen) atoms. The smallest absolute Gasteiger partial charge is 0.243 e. The second-order valence-electron chi connectivity index (χ2n) is 9.24. The SMILES string of the molecule is CCCn1c(CCC(=O)NC2CCOc3ccccc32)nc2cc(S(=O)(=O)N3CCCC3)ccc21. The molecule has 2 aliphatic heterocycles. The number of carbonyl (C=O) groups excluding carboxylic acids is 1. The molecule has 1 fully saturated rings. The van der Waals surface area contributed by atoms with Crippen LogP contribution in [0.2, 0.25) is 0 Å². The number of nitrogens with one attached hydrogen (secondary N) is 1. The summed E-state index contributed by atoms with van der Waals surface area (Å²) in [6.45, 7) is 4.58. The van der Waals surface area contributed by atoms with E-state index in [2.05, 4.69) is 16.8 Å². The number of para-hydroxylation sites is 1. The van der Waals surface area contributed by atoms with E-state index in [0.717, 1.165) is 54.9 Å². The molecule has 0 aliphatic carbocycles. The molecule has 1 unspecified atom stereocenters. The van der Waals surface area contributed by atoms with Crippen molar-refractivity contribution >= 4 is 27.0 Å².